The first-order valence-electron chi connectivity index (χ1n) is 6.96. The van der Waals surface area contributed by atoms with Gasteiger partial charge >= 0.3 is 143 Å². The summed E-state index contributed by atoms with van der Waals surface area (Å²) in [5, 5.41) is 0. The van der Waals surface area contributed by atoms with Gasteiger partial charge in [-0.25, -0.2) is 0 Å². The van der Waals surface area contributed by atoms with Crippen molar-refractivity contribution in [3.8, 4) is 5.75 Å². The predicted octanol–water partition coefficient (Wildman–Crippen LogP) is -0.0641. The van der Waals surface area contributed by atoms with Crippen LogP contribution in [0.4, 0.5) is 0 Å². The molecule has 0 heterocycles. The van der Waals surface area contributed by atoms with Gasteiger partial charge in [-0.05, 0) is 0 Å². The van der Waals surface area contributed by atoms with E-state index in [1.165, 1.54) is 0 Å². The Balaban J connectivity index is 2.04. The summed E-state index contributed by atoms with van der Waals surface area (Å²) in [6.45, 7) is 4.64. The molecule has 0 radical (unpaired) electrons. The zero-order valence-corrected chi connectivity index (χ0v) is 15.5. The predicted molar refractivity (Wildman–Crippen MR) is 82.4 cm³/mol. The topological polar surface area (TPSA) is 55.4 Å². The summed E-state index contributed by atoms with van der Waals surface area (Å²) in [5.74, 6) is 0.786. The molecule has 0 aromatic heterocycles. The summed E-state index contributed by atoms with van der Waals surface area (Å²) in [7, 11) is -3.45. The van der Waals surface area contributed by atoms with E-state index in [4.69, 9.17) is 4.74 Å². The molecule has 2 aromatic carbocycles. The van der Waals surface area contributed by atoms with Gasteiger partial charge in [0.1, 0.15) is 0 Å². The molecule has 2 aromatic rings. The molecule has 0 aliphatic carbocycles. The van der Waals surface area contributed by atoms with Crippen LogP contribution in [0, 0.1) is 10.5 Å². The van der Waals surface area contributed by atoms with Crippen molar-refractivity contribution in [2.45, 2.75) is 25.2 Å². The Hall–Kier alpha value is -1.12. The summed E-state index contributed by atoms with van der Waals surface area (Å²) in [6.07, 6.45) is 0.944. The molecule has 0 unspecified atom stereocenters. The number of benzene rings is 2. The Morgan fingerprint density at radius 2 is 1.86 bits per heavy atom. The molecule has 0 aliphatic heterocycles. The van der Waals surface area contributed by atoms with Crippen LogP contribution in [0.1, 0.15) is 18.9 Å². The third-order valence-corrected chi connectivity index (χ3v) is 7.72. The van der Waals surface area contributed by atoms with E-state index in [2.05, 4.69) is 2.94 Å². The summed E-state index contributed by atoms with van der Waals surface area (Å²) in [6, 6.07) is 14.4. The normalized spacial score (nSPS) is 11.5. The molecule has 0 saturated heterocycles. The first kappa shape index (κ1) is 17.2. The molecule has 22 heavy (non-hydrogen) atoms. The van der Waals surface area contributed by atoms with E-state index in [9.17, 15) is 8.42 Å². The Bertz CT molecular complexity index is 714. The Morgan fingerprint density at radius 1 is 1.14 bits per heavy atom. The van der Waals surface area contributed by atoms with Gasteiger partial charge in [-0.1, -0.05) is 0 Å². The number of nitrogens with one attached hydrogen (secondary N) is 1. The second kappa shape index (κ2) is 7.94. The van der Waals surface area contributed by atoms with E-state index in [0.717, 1.165) is 21.3 Å². The van der Waals surface area contributed by atoms with Crippen LogP contribution in [-0.4, -0.2) is 15.0 Å². The minimum atomic E-state index is -3.45. The van der Waals surface area contributed by atoms with Crippen LogP contribution in [-0.2, 0) is 10.0 Å². The zero-order chi connectivity index (χ0) is 16.0. The summed E-state index contributed by atoms with van der Waals surface area (Å²) in [5.41, 5.74) is 1.04. The van der Waals surface area contributed by atoms with Gasteiger partial charge in [0, 0.05) is 0 Å². The molecular weight excluding hydrogens is 413 g/mol. The summed E-state index contributed by atoms with van der Waals surface area (Å²) < 4.78 is 33.8. The maximum absolute atomic E-state index is 12.3. The molecule has 0 bridgehead atoms. The number of rotatable bonds is 7. The average molecular weight is 432 g/mol. The van der Waals surface area contributed by atoms with Gasteiger partial charge in [0.15, 0.2) is 0 Å². The van der Waals surface area contributed by atoms with Gasteiger partial charge in [-0.2, -0.15) is 0 Å². The van der Waals surface area contributed by atoms with Crippen LogP contribution < -0.4 is 29.2 Å². The van der Waals surface area contributed by atoms with Crippen LogP contribution in [0.2, 0.25) is 0 Å². The van der Waals surface area contributed by atoms with Crippen LogP contribution in [0.5, 0.6) is 5.75 Å². The molecule has 0 spiro atoms. The van der Waals surface area contributed by atoms with E-state index in [1.807, 2.05) is 38.1 Å². The molecular formula is C16H19INO3S-. The molecule has 0 aliphatic rings. The van der Waals surface area contributed by atoms with Crippen molar-refractivity contribution in [3.05, 3.63) is 57.7 Å². The number of halogens is 1. The van der Waals surface area contributed by atoms with E-state index in [0.29, 0.717) is 11.5 Å². The molecule has 0 saturated carbocycles. The van der Waals surface area contributed by atoms with Crippen molar-refractivity contribution >= 4 is 10.0 Å². The molecule has 0 atom stereocenters. The second-order valence-electron chi connectivity index (χ2n) is 4.79. The Kier molecular flexibility index (Phi) is 6.22. The molecule has 120 valence electrons. The van der Waals surface area contributed by atoms with E-state index >= 15 is 0 Å². The molecule has 0 amide bonds. The summed E-state index contributed by atoms with van der Waals surface area (Å²) >= 11 is -0.847. The van der Waals surface area contributed by atoms with E-state index in [-0.39, 0.29) is 0 Å². The van der Waals surface area contributed by atoms with Crippen LogP contribution in [0.25, 0.3) is 0 Å². The van der Waals surface area contributed by atoms with E-state index in [1.54, 1.807) is 24.3 Å². The first-order valence-corrected chi connectivity index (χ1v) is 10.6. The quantitative estimate of drug-likeness (QED) is 0.493. The third-order valence-electron chi connectivity index (χ3n) is 2.85. The number of sulfonamides is 1. The van der Waals surface area contributed by atoms with Gasteiger partial charge in [0.25, 0.3) is 0 Å². The van der Waals surface area contributed by atoms with E-state index < -0.39 is 31.5 Å². The molecule has 2 rings (SSSR count). The van der Waals surface area contributed by atoms with Gasteiger partial charge in [-0.3, -0.25) is 0 Å². The standard InChI is InChI=1S/C16H19INO3S/c1-3-11-21-15-6-4-5-14(12-15)17-18-22(19,20)16-9-7-13(2)8-10-16/h4-10,12,18H,3,11H2,1-2H3/q-1. The van der Waals surface area contributed by atoms with Crippen molar-refractivity contribution in [3.63, 3.8) is 0 Å². The maximum atomic E-state index is 12.3. The van der Waals surface area contributed by atoms with Crippen LogP contribution in [0.15, 0.2) is 53.4 Å². The van der Waals surface area contributed by atoms with Gasteiger partial charge in [0.05, 0.1) is 0 Å². The van der Waals surface area contributed by atoms with Gasteiger partial charge in [-0.15, -0.1) is 0 Å². The number of hydrogen-bond donors (Lipinski definition) is 1. The average Bonchev–Trinajstić information content (AvgIpc) is 2.52. The number of ether oxygens (including phenoxy) is 1. The SMILES string of the molecule is CCCOc1cccc([I-]NS(=O)(=O)c2ccc(C)cc2)c1. The minimum absolute atomic E-state index is 0.302. The molecule has 0 fully saturated rings. The van der Waals surface area contributed by atoms with Crippen molar-refractivity contribution in [1.82, 2.24) is 2.94 Å². The molecule has 1 N–H and O–H groups in total. The fourth-order valence-electron chi connectivity index (χ4n) is 1.69. The number of hydrogen-bond acceptors (Lipinski definition) is 3. The van der Waals surface area contributed by atoms with Crippen molar-refractivity contribution < 1.29 is 34.6 Å². The van der Waals surface area contributed by atoms with Crippen molar-refractivity contribution in [1.29, 1.82) is 0 Å². The Morgan fingerprint density at radius 3 is 2.55 bits per heavy atom. The zero-order valence-electron chi connectivity index (χ0n) is 12.5. The third kappa shape index (κ3) is 4.96. The monoisotopic (exact) mass is 432 g/mol. The first-order chi connectivity index (χ1) is 10.5. The van der Waals surface area contributed by atoms with Crippen molar-refractivity contribution in [2.24, 2.45) is 0 Å². The molecule has 4 nitrogen and oxygen atoms in total. The van der Waals surface area contributed by atoms with Gasteiger partial charge < -0.3 is 0 Å². The Labute approximate surface area is 142 Å². The fraction of sp³-hybridized carbons (Fsp3) is 0.250. The fourth-order valence-corrected chi connectivity index (χ4v) is 5.71. The molecule has 6 heteroatoms. The van der Waals surface area contributed by atoms with Crippen LogP contribution in [0.3, 0.4) is 0 Å². The number of aryl methyl sites for hydroxylation is 1. The summed E-state index contributed by atoms with van der Waals surface area (Å²) in [4.78, 5) is 0.302. The van der Waals surface area contributed by atoms with Crippen LogP contribution >= 0.6 is 0 Å². The van der Waals surface area contributed by atoms with Gasteiger partial charge in [0.2, 0.25) is 0 Å². The van der Waals surface area contributed by atoms with Crippen molar-refractivity contribution in [2.75, 3.05) is 6.61 Å². The second-order valence-corrected chi connectivity index (χ2v) is 9.53.